The van der Waals surface area contributed by atoms with Crippen LogP contribution >= 0.6 is 15.9 Å². The fourth-order valence-electron chi connectivity index (χ4n) is 0.895. The highest BCUT2D eigenvalue weighted by Gasteiger charge is 2.20. The molecule has 0 amide bonds. The lowest BCUT2D eigenvalue weighted by Crippen LogP contribution is -2.29. The maximum Gasteiger partial charge on any atom is 0.186 e. The second kappa shape index (κ2) is 4.68. The summed E-state index contributed by atoms with van der Waals surface area (Å²) in [5.74, 6) is -0.331. The molecule has 1 aromatic heterocycles. The van der Waals surface area contributed by atoms with Gasteiger partial charge >= 0.3 is 0 Å². The highest BCUT2D eigenvalue weighted by molar-refractivity contribution is 9.10. The second-order valence-electron chi connectivity index (χ2n) is 3.69. The summed E-state index contributed by atoms with van der Waals surface area (Å²) in [7, 11) is 0. The fourth-order valence-corrected chi connectivity index (χ4v) is 1.28. The summed E-state index contributed by atoms with van der Waals surface area (Å²) >= 11 is 3.28. The molecule has 0 aliphatic heterocycles. The smallest absolute Gasteiger partial charge is 0.186 e. The van der Waals surface area contributed by atoms with Gasteiger partial charge < -0.3 is 5.11 Å². The average molecular weight is 270 g/mol. The molecule has 0 unspecified atom stereocenters. The molecule has 80 valence electrons. The molecule has 1 aromatic rings. The highest BCUT2D eigenvalue weighted by atomic mass is 79.9. The van der Waals surface area contributed by atoms with E-state index in [1.807, 2.05) is 6.07 Å². The van der Waals surface area contributed by atoms with Crippen LogP contribution in [-0.2, 0) is 4.79 Å². The van der Waals surface area contributed by atoms with Crippen molar-refractivity contribution in [2.45, 2.75) is 19.4 Å². The Morgan fingerprint density at radius 2 is 2.20 bits per heavy atom. The molecule has 3 nitrogen and oxygen atoms in total. The molecule has 1 N–H and O–H groups in total. The Morgan fingerprint density at radius 3 is 2.73 bits per heavy atom. The van der Waals surface area contributed by atoms with Crippen molar-refractivity contribution in [1.29, 1.82) is 0 Å². The first-order chi connectivity index (χ1) is 6.89. The van der Waals surface area contributed by atoms with Crippen LogP contribution in [0.5, 0.6) is 0 Å². The van der Waals surface area contributed by atoms with Crippen molar-refractivity contribution in [1.82, 2.24) is 4.98 Å². The second-order valence-corrected chi connectivity index (χ2v) is 4.61. The molecule has 0 bridgehead atoms. The first kappa shape index (κ1) is 12.1. The van der Waals surface area contributed by atoms with Gasteiger partial charge in [-0.25, -0.2) is 0 Å². The van der Waals surface area contributed by atoms with Crippen LogP contribution in [0.2, 0.25) is 0 Å². The third kappa shape index (κ3) is 3.93. The third-order valence-corrected chi connectivity index (χ3v) is 2.19. The Morgan fingerprint density at radius 1 is 1.53 bits per heavy atom. The minimum Gasteiger partial charge on any atom is -0.382 e. The topological polar surface area (TPSA) is 50.2 Å². The van der Waals surface area contributed by atoms with Crippen LogP contribution in [0.4, 0.5) is 0 Å². The number of ketones is 1. The van der Waals surface area contributed by atoms with Gasteiger partial charge in [-0.05, 0) is 53.6 Å². The van der Waals surface area contributed by atoms with Crippen molar-refractivity contribution in [3.63, 3.8) is 0 Å². The van der Waals surface area contributed by atoms with Gasteiger partial charge in [-0.15, -0.1) is 0 Å². The quantitative estimate of drug-likeness (QED) is 0.856. The molecular weight excluding hydrogens is 258 g/mol. The Balaban J connectivity index is 2.79. The summed E-state index contributed by atoms with van der Waals surface area (Å²) in [6, 6.07) is 1.83. The SMILES string of the molecule is CC(C)(O)C(=O)C=Cc1cncc(Br)c1. The van der Waals surface area contributed by atoms with Crippen molar-refractivity contribution in [2.24, 2.45) is 0 Å². The minimum atomic E-state index is -1.32. The molecule has 0 radical (unpaired) electrons. The van der Waals surface area contributed by atoms with Crippen molar-refractivity contribution >= 4 is 27.8 Å². The Bertz CT molecular complexity index is 394. The van der Waals surface area contributed by atoms with Crippen LogP contribution in [0.1, 0.15) is 19.4 Å². The van der Waals surface area contributed by atoms with Crippen LogP contribution in [0, 0.1) is 0 Å². The summed E-state index contributed by atoms with van der Waals surface area (Å²) in [5.41, 5.74) is -0.516. The number of carbonyl (C=O) groups is 1. The predicted molar refractivity (Wildman–Crippen MR) is 62.3 cm³/mol. The van der Waals surface area contributed by atoms with E-state index >= 15 is 0 Å². The van der Waals surface area contributed by atoms with Crippen LogP contribution in [0.25, 0.3) is 6.08 Å². The summed E-state index contributed by atoms with van der Waals surface area (Å²) in [5, 5.41) is 9.39. The maximum absolute atomic E-state index is 11.4. The van der Waals surface area contributed by atoms with Gasteiger partial charge in [0, 0.05) is 16.9 Å². The van der Waals surface area contributed by atoms with Gasteiger partial charge in [0.25, 0.3) is 0 Å². The van der Waals surface area contributed by atoms with Gasteiger partial charge in [0.05, 0.1) is 0 Å². The summed E-state index contributed by atoms with van der Waals surface area (Å²) < 4.78 is 0.848. The number of nitrogens with zero attached hydrogens (tertiary/aromatic N) is 1. The number of aromatic nitrogens is 1. The van der Waals surface area contributed by atoms with E-state index in [-0.39, 0.29) is 5.78 Å². The summed E-state index contributed by atoms with van der Waals surface area (Å²) in [6.07, 6.45) is 6.27. The zero-order chi connectivity index (χ0) is 11.5. The molecule has 0 saturated carbocycles. The predicted octanol–water partition coefficient (Wildman–Crippen LogP) is 2.20. The van der Waals surface area contributed by atoms with Crippen molar-refractivity contribution in [3.8, 4) is 0 Å². The van der Waals surface area contributed by atoms with Gasteiger partial charge in [-0.3, -0.25) is 9.78 Å². The Labute approximate surface area is 97.0 Å². The zero-order valence-corrected chi connectivity index (χ0v) is 10.2. The van der Waals surface area contributed by atoms with E-state index in [2.05, 4.69) is 20.9 Å². The van der Waals surface area contributed by atoms with E-state index in [1.165, 1.54) is 19.9 Å². The number of halogens is 1. The van der Waals surface area contributed by atoms with E-state index in [1.54, 1.807) is 18.5 Å². The van der Waals surface area contributed by atoms with Crippen molar-refractivity contribution in [2.75, 3.05) is 0 Å². The van der Waals surface area contributed by atoms with Crippen LogP contribution in [0.3, 0.4) is 0 Å². The van der Waals surface area contributed by atoms with E-state index in [0.29, 0.717) is 0 Å². The molecule has 0 aromatic carbocycles. The monoisotopic (exact) mass is 269 g/mol. The molecular formula is C11H12BrNO2. The average Bonchev–Trinajstić information content (AvgIpc) is 2.12. The molecule has 0 fully saturated rings. The number of rotatable bonds is 3. The van der Waals surface area contributed by atoms with Crippen molar-refractivity contribution in [3.05, 3.63) is 34.6 Å². The zero-order valence-electron chi connectivity index (χ0n) is 8.57. The number of hydrogen-bond donors (Lipinski definition) is 1. The molecule has 0 aliphatic carbocycles. The van der Waals surface area contributed by atoms with Gasteiger partial charge in [-0.1, -0.05) is 0 Å². The molecule has 1 heterocycles. The van der Waals surface area contributed by atoms with E-state index in [0.717, 1.165) is 10.0 Å². The van der Waals surface area contributed by atoms with Gasteiger partial charge in [0.2, 0.25) is 0 Å². The lowest BCUT2D eigenvalue weighted by molar-refractivity contribution is -0.128. The maximum atomic E-state index is 11.4. The molecule has 15 heavy (non-hydrogen) atoms. The van der Waals surface area contributed by atoms with Crippen LogP contribution < -0.4 is 0 Å². The lowest BCUT2D eigenvalue weighted by Gasteiger charge is -2.11. The molecule has 0 atom stereocenters. The molecule has 0 saturated heterocycles. The number of carbonyl (C=O) groups excluding carboxylic acids is 1. The largest absolute Gasteiger partial charge is 0.382 e. The fraction of sp³-hybridized carbons (Fsp3) is 0.273. The first-order valence-corrected chi connectivity index (χ1v) is 5.24. The standard InChI is InChI=1S/C11H12BrNO2/c1-11(2,15)10(14)4-3-8-5-9(12)7-13-6-8/h3-7,15H,1-2H3. The van der Waals surface area contributed by atoms with Gasteiger partial charge in [-0.2, -0.15) is 0 Å². The van der Waals surface area contributed by atoms with Gasteiger partial charge in [0.15, 0.2) is 5.78 Å². The molecule has 4 heteroatoms. The van der Waals surface area contributed by atoms with Crippen LogP contribution in [-0.4, -0.2) is 21.5 Å². The summed E-state index contributed by atoms with van der Waals surface area (Å²) in [6.45, 7) is 2.91. The van der Waals surface area contributed by atoms with E-state index < -0.39 is 5.60 Å². The van der Waals surface area contributed by atoms with E-state index in [9.17, 15) is 9.90 Å². The molecule has 0 spiro atoms. The Hall–Kier alpha value is -1.00. The first-order valence-electron chi connectivity index (χ1n) is 4.45. The molecule has 1 rings (SSSR count). The normalized spacial score (nSPS) is 12.0. The minimum absolute atomic E-state index is 0.331. The van der Waals surface area contributed by atoms with Crippen molar-refractivity contribution < 1.29 is 9.90 Å². The highest BCUT2D eigenvalue weighted by Crippen LogP contribution is 2.11. The number of pyridine rings is 1. The van der Waals surface area contributed by atoms with E-state index in [4.69, 9.17) is 0 Å². The number of aliphatic hydroxyl groups is 1. The lowest BCUT2D eigenvalue weighted by atomic mass is 10.0. The Kier molecular flexibility index (Phi) is 3.77. The molecule has 0 aliphatic rings. The van der Waals surface area contributed by atoms with Crippen LogP contribution in [0.15, 0.2) is 29.0 Å². The van der Waals surface area contributed by atoms with Gasteiger partial charge in [0.1, 0.15) is 5.60 Å². The number of hydrogen-bond acceptors (Lipinski definition) is 3. The third-order valence-electron chi connectivity index (χ3n) is 1.76. The summed E-state index contributed by atoms with van der Waals surface area (Å²) in [4.78, 5) is 15.3.